The number of piperazine rings is 1. The van der Waals surface area contributed by atoms with Gasteiger partial charge in [0, 0.05) is 6.54 Å². The molecule has 0 bridgehead atoms. The molecule has 0 radical (unpaired) electrons. The monoisotopic (exact) mass is 810 g/mol. The molecule has 1 aliphatic rings. The molecule has 1 amide bonds. The molecule has 5 rings (SSSR count). The summed E-state index contributed by atoms with van der Waals surface area (Å²) in [6.45, 7) is 6.05. The van der Waals surface area contributed by atoms with Gasteiger partial charge in [0.1, 0.15) is 5.60 Å². The molecule has 1 aromatic heterocycles. The van der Waals surface area contributed by atoms with E-state index in [0.29, 0.717) is 43.3 Å². The smallest absolute Gasteiger partial charge is 0.813 e. The summed E-state index contributed by atoms with van der Waals surface area (Å²) in [5, 5.41) is 11.5. The first-order valence-corrected chi connectivity index (χ1v) is 15.4. The van der Waals surface area contributed by atoms with Crippen molar-refractivity contribution in [1.82, 2.24) is 14.9 Å². The number of carbonyl (C=O) groups excluding carboxylic acids is 1. The van der Waals surface area contributed by atoms with Gasteiger partial charge in [-0.05, 0) is 20.8 Å². The molecule has 4 aromatic rings. The van der Waals surface area contributed by atoms with Crippen molar-refractivity contribution in [3.8, 4) is 26.6 Å². The second-order valence-corrected chi connectivity index (χ2v) is 11.9. The van der Waals surface area contributed by atoms with Gasteiger partial charge in [0.2, 0.25) is 0 Å². The van der Waals surface area contributed by atoms with Gasteiger partial charge in [-0.15, -0.1) is 0 Å². The number of benzene rings is 3. The third-order valence-electron chi connectivity index (χ3n) is 6.90. The Hall–Kier alpha value is -3.06. The van der Waals surface area contributed by atoms with Crippen molar-refractivity contribution in [3.63, 3.8) is 0 Å². The maximum absolute atomic E-state index is 16.2. The molecule has 2 heterocycles. The van der Waals surface area contributed by atoms with Crippen molar-refractivity contribution in [2.24, 2.45) is 0 Å². The van der Waals surface area contributed by atoms with Gasteiger partial charge in [-0.2, -0.15) is 15.2 Å². The molecular formula is C31H30F2N5O2PSTl-. The van der Waals surface area contributed by atoms with Crippen LogP contribution in [0.3, 0.4) is 0 Å². The topological polar surface area (TPSA) is 82.3 Å². The van der Waals surface area contributed by atoms with Gasteiger partial charge in [-0.3, -0.25) is 0 Å². The Bertz CT molecular complexity index is 1780. The predicted molar refractivity (Wildman–Crippen MR) is 174 cm³/mol. The van der Waals surface area contributed by atoms with E-state index in [2.05, 4.69) is 25.4 Å². The Morgan fingerprint density at radius 1 is 1.09 bits per heavy atom. The van der Waals surface area contributed by atoms with E-state index in [1.165, 1.54) is 4.90 Å². The van der Waals surface area contributed by atoms with Crippen LogP contribution in [0, 0.1) is 32.6 Å². The average Bonchev–Trinajstić information content (AvgIpc) is 2.92. The number of nitriles is 1. The molecular weight excluding hydrogens is 780 g/mol. The van der Waals surface area contributed by atoms with Crippen LogP contribution < -0.4 is 4.90 Å². The van der Waals surface area contributed by atoms with Crippen LogP contribution in [0.1, 0.15) is 32.8 Å². The number of nitrogens with zero attached hydrogens (tertiary/aromatic N) is 5. The van der Waals surface area contributed by atoms with Gasteiger partial charge < -0.3 is 23.1 Å². The number of hydrogen-bond acceptors (Lipinski definition) is 7. The van der Waals surface area contributed by atoms with E-state index < -0.39 is 29.6 Å². The molecule has 7 nitrogen and oxygen atoms in total. The number of aromatic nitrogens is 2. The summed E-state index contributed by atoms with van der Waals surface area (Å²) < 4.78 is 39.7. The summed E-state index contributed by atoms with van der Waals surface area (Å²) in [6.07, 6.45) is -1.53. The SMILES string of the molecule is CC(C)(C)OC(=O)N1CCN(c2nc(F)nc3c(F)c(-c4cccc5cccc(C#[C][Tl])c45)ccc23)C[C@@H]1CC#N.P.[SH-]. The van der Waals surface area contributed by atoms with E-state index in [1.54, 1.807) is 37.8 Å². The number of halogens is 2. The molecule has 220 valence electrons. The molecule has 1 aliphatic heterocycles. The summed E-state index contributed by atoms with van der Waals surface area (Å²) in [5.41, 5.74) is 0.908. The van der Waals surface area contributed by atoms with Crippen molar-refractivity contribution in [2.75, 3.05) is 24.5 Å². The molecule has 12 heteroatoms. The van der Waals surface area contributed by atoms with Crippen LogP contribution in [0.5, 0.6) is 0 Å². The van der Waals surface area contributed by atoms with Gasteiger partial charge in [-0.25, -0.2) is 4.79 Å². The summed E-state index contributed by atoms with van der Waals surface area (Å²) in [7, 11) is 0. The van der Waals surface area contributed by atoms with Crippen LogP contribution in [0.15, 0.2) is 48.5 Å². The fraction of sp³-hybridized carbons (Fsp3) is 0.290. The minimum atomic E-state index is -1.06. The molecule has 1 fully saturated rings. The number of ether oxygens (including phenoxy) is 1. The molecule has 1 unspecified atom stereocenters. The standard InChI is InChI=1S/C31H26F2N5O2.H3P.H2S.Tl/c1-5-19-8-6-9-20-10-7-11-22(25(19)20)23-12-13-24-27(26(23)32)35-29(33)36-28(24)37-16-17-38(21(18-37)14-15-34)30(39)40-31(2,3)4;;;/h6-13,21H,14,16-18H2,2-4H3;1H3;1H2;/p-1/t21-;;;/m0.../s1. The third-order valence-corrected chi connectivity index (χ3v) is 7.46. The molecule has 0 N–H and O–H groups in total. The van der Waals surface area contributed by atoms with Gasteiger partial charge in [0.15, 0.2) is 0 Å². The minimum absolute atomic E-state index is 0. The molecule has 3 aromatic carbocycles. The fourth-order valence-electron chi connectivity index (χ4n) is 5.20. The van der Waals surface area contributed by atoms with Gasteiger partial charge >= 0.3 is 183 Å². The number of thiol groups is 1. The van der Waals surface area contributed by atoms with E-state index >= 15 is 4.39 Å². The molecule has 0 saturated carbocycles. The first-order chi connectivity index (χ1) is 19.6. The van der Waals surface area contributed by atoms with E-state index in [4.69, 9.17) is 4.74 Å². The maximum atomic E-state index is 16.2. The zero-order valence-electron chi connectivity index (χ0n) is 24.1. The number of anilines is 1. The fourth-order valence-corrected chi connectivity index (χ4v) is 5.81. The predicted octanol–water partition coefficient (Wildman–Crippen LogP) is 5.33. The van der Waals surface area contributed by atoms with Crippen LogP contribution in [-0.4, -0.2) is 78.0 Å². The van der Waals surface area contributed by atoms with Crippen molar-refractivity contribution in [3.05, 3.63) is 66.0 Å². The van der Waals surface area contributed by atoms with Crippen molar-refractivity contribution >= 4 is 82.7 Å². The molecule has 0 aliphatic carbocycles. The Balaban J connectivity index is 0.00000253. The van der Waals surface area contributed by atoms with Gasteiger partial charge in [0.05, 0.1) is 18.5 Å². The van der Waals surface area contributed by atoms with Crippen LogP contribution >= 0.6 is 9.90 Å². The number of fused-ring (bicyclic) bond motifs is 2. The first kappa shape index (κ1) is 34.4. The van der Waals surface area contributed by atoms with Crippen LogP contribution in [0.2, 0.25) is 0 Å². The van der Waals surface area contributed by atoms with Crippen molar-refractivity contribution in [1.29, 1.82) is 5.26 Å². The van der Waals surface area contributed by atoms with Crippen molar-refractivity contribution in [2.45, 2.75) is 38.8 Å². The van der Waals surface area contributed by atoms with E-state index in [0.717, 1.165) is 16.3 Å². The molecule has 2 atom stereocenters. The Labute approximate surface area is 275 Å². The number of carbonyl (C=O) groups is 1. The van der Waals surface area contributed by atoms with E-state index in [-0.39, 0.29) is 59.8 Å². The second kappa shape index (κ2) is 14.2. The van der Waals surface area contributed by atoms with Crippen LogP contribution in [0.25, 0.3) is 32.8 Å². The number of amides is 1. The first-order valence-electron chi connectivity index (χ1n) is 13.1. The Morgan fingerprint density at radius 2 is 1.81 bits per heavy atom. The zero-order chi connectivity index (χ0) is 29.3. The van der Waals surface area contributed by atoms with E-state index in [9.17, 15) is 14.4 Å². The zero-order valence-corrected chi connectivity index (χ0v) is 30.9. The van der Waals surface area contributed by atoms with Crippen molar-refractivity contribution < 1.29 is 18.3 Å². The second-order valence-electron chi connectivity index (χ2n) is 10.8. The van der Waals surface area contributed by atoms with Gasteiger partial charge in [0.25, 0.3) is 0 Å². The summed E-state index contributed by atoms with van der Waals surface area (Å²) in [6, 6.07) is 16.4. The van der Waals surface area contributed by atoms with Gasteiger partial charge in [-0.1, -0.05) is 0 Å². The molecule has 1 saturated heterocycles. The molecule has 43 heavy (non-hydrogen) atoms. The summed E-state index contributed by atoms with van der Waals surface area (Å²) in [4.78, 5) is 24.0. The average molecular weight is 810 g/mol. The normalized spacial score (nSPS) is 14.6. The number of rotatable bonds is 3. The Morgan fingerprint density at radius 3 is 2.49 bits per heavy atom. The number of hydrogen-bond donors (Lipinski definition) is 0. The third kappa shape index (κ3) is 7.20. The summed E-state index contributed by atoms with van der Waals surface area (Å²) >= 11 is 0.497. The quantitative estimate of drug-likeness (QED) is 0.0692. The Kier molecular flexibility index (Phi) is 11.3. The van der Waals surface area contributed by atoms with Crippen LogP contribution in [0.4, 0.5) is 19.4 Å². The molecule has 0 spiro atoms. The van der Waals surface area contributed by atoms with Crippen LogP contribution in [-0.2, 0) is 18.2 Å². The van der Waals surface area contributed by atoms with E-state index in [1.807, 2.05) is 36.4 Å². The minimum Gasteiger partial charge on any atom is -0.813 e. The summed E-state index contributed by atoms with van der Waals surface area (Å²) in [5.74, 6) is 2.72.